The number of aromatic nitrogens is 1. The molecule has 2 rings (SSSR count). The van der Waals surface area contributed by atoms with Crippen LogP contribution < -0.4 is 0 Å². The van der Waals surface area contributed by atoms with Crippen molar-refractivity contribution in [1.82, 2.24) is 4.57 Å². The van der Waals surface area contributed by atoms with Crippen molar-refractivity contribution in [1.29, 1.82) is 0 Å². The van der Waals surface area contributed by atoms with Gasteiger partial charge < -0.3 is 9.67 Å². The zero-order chi connectivity index (χ0) is 14.4. The van der Waals surface area contributed by atoms with E-state index in [1.807, 2.05) is 26.8 Å². The predicted octanol–water partition coefficient (Wildman–Crippen LogP) is 4.52. The predicted molar refractivity (Wildman–Crippen MR) is 84.3 cm³/mol. The molecular weight excluding hydrogens is 234 g/mol. The van der Waals surface area contributed by atoms with Gasteiger partial charge in [0.25, 0.3) is 0 Å². The van der Waals surface area contributed by atoms with Gasteiger partial charge in [-0.05, 0) is 50.1 Å². The summed E-state index contributed by atoms with van der Waals surface area (Å²) in [6.45, 7) is 11.4. The number of fused-ring (bicyclic) bond motifs is 1. The maximum Gasteiger partial charge on any atom is 0.0682 e. The summed E-state index contributed by atoms with van der Waals surface area (Å²) in [6, 6.07) is 6.18. The molecule has 0 atom stereocenters. The Morgan fingerprint density at radius 2 is 1.95 bits per heavy atom. The highest BCUT2D eigenvalue weighted by Crippen LogP contribution is 2.27. The summed E-state index contributed by atoms with van der Waals surface area (Å²) >= 11 is 0. The molecule has 0 aliphatic heterocycles. The van der Waals surface area contributed by atoms with E-state index in [-0.39, 0.29) is 6.61 Å². The first-order valence-electron chi connectivity index (χ1n) is 7.08. The molecule has 1 heterocycles. The van der Waals surface area contributed by atoms with Gasteiger partial charge in [-0.3, -0.25) is 0 Å². The fourth-order valence-corrected chi connectivity index (χ4v) is 2.40. The standard InChI is InChI=1S/C15H19NO.C2H6/c1-4-6-14-11(3)13-9-12(10-17)7-8-15(13)16(14)5-2;1-2/h4,6-9,17H,5,10H2,1-3H3;1-2H3/b6-4-;. The molecule has 0 saturated carbocycles. The van der Waals surface area contributed by atoms with Crippen molar-refractivity contribution in [3.05, 3.63) is 41.1 Å². The fraction of sp³-hybridized carbons (Fsp3) is 0.412. The summed E-state index contributed by atoms with van der Waals surface area (Å²) < 4.78 is 2.31. The van der Waals surface area contributed by atoms with Gasteiger partial charge in [0.15, 0.2) is 0 Å². The lowest BCUT2D eigenvalue weighted by molar-refractivity contribution is 0.282. The zero-order valence-corrected chi connectivity index (χ0v) is 12.7. The van der Waals surface area contributed by atoms with Gasteiger partial charge in [-0.1, -0.05) is 26.0 Å². The molecule has 0 spiro atoms. The Morgan fingerprint density at radius 1 is 1.26 bits per heavy atom. The van der Waals surface area contributed by atoms with Crippen LogP contribution in [0.15, 0.2) is 24.3 Å². The third-order valence-electron chi connectivity index (χ3n) is 3.25. The number of hydrogen-bond acceptors (Lipinski definition) is 1. The van der Waals surface area contributed by atoms with Crippen LogP contribution in [0.3, 0.4) is 0 Å². The highest BCUT2D eigenvalue weighted by Gasteiger charge is 2.11. The second-order valence-corrected chi connectivity index (χ2v) is 4.26. The highest BCUT2D eigenvalue weighted by atomic mass is 16.3. The van der Waals surface area contributed by atoms with Crippen LogP contribution in [0.5, 0.6) is 0 Å². The summed E-state index contributed by atoms with van der Waals surface area (Å²) in [6.07, 6.45) is 4.22. The molecule has 0 bridgehead atoms. The van der Waals surface area contributed by atoms with Crippen LogP contribution in [0.2, 0.25) is 0 Å². The topological polar surface area (TPSA) is 25.2 Å². The number of allylic oxidation sites excluding steroid dienone is 1. The molecule has 0 fully saturated rings. The van der Waals surface area contributed by atoms with Crippen LogP contribution in [0, 0.1) is 6.92 Å². The van der Waals surface area contributed by atoms with E-state index >= 15 is 0 Å². The van der Waals surface area contributed by atoms with Crippen LogP contribution in [0.4, 0.5) is 0 Å². The third-order valence-corrected chi connectivity index (χ3v) is 3.25. The van der Waals surface area contributed by atoms with Crippen LogP contribution in [0.1, 0.15) is 44.5 Å². The number of nitrogens with zero attached hydrogens (tertiary/aromatic N) is 1. The van der Waals surface area contributed by atoms with Crippen molar-refractivity contribution >= 4 is 17.0 Å². The quantitative estimate of drug-likeness (QED) is 0.861. The number of aliphatic hydroxyl groups excluding tert-OH is 1. The first kappa shape index (κ1) is 15.5. The largest absolute Gasteiger partial charge is 0.392 e. The molecular formula is C17H25NO. The normalized spacial score (nSPS) is 10.8. The molecule has 0 aliphatic carbocycles. The lowest BCUT2D eigenvalue weighted by Gasteiger charge is -2.04. The molecule has 0 saturated heterocycles. The molecule has 0 aliphatic rings. The summed E-state index contributed by atoms with van der Waals surface area (Å²) in [7, 11) is 0. The van der Waals surface area contributed by atoms with E-state index in [1.54, 1.807) is 0 Å². The van der Waals surface area contributed by atoms with Crippen LogP contribution in [-0.2, 0) is 13.2 Å². The monoisotopic (exact) mass is 259 g/mol. The SMILES string of the molecule is C/C=C\c1c(C)c2cc(CO)ccc2n1CC.CC. The molecule has 1 aromatic carbocycles. The zero-order valence-electron chi connectivity index (χ0n) is 12.7. The molecule has 1 N–H and O–H groups in total. The van der Waals surface area contributed by atoms with Gasteiger partial charge in [0.2, 0.25) is 0 Å². The van der Waals surface area contributed by atoms with Crippen molar-refractivity contribution in [3.63, 3.8) is 0 Å². The number of rotatable bonds is 3. The van der Waals surface area contributed by atoms with Crippen molar-refractivity contribution < 1.29 is 5.11 Å². The van der Waals surface area contributed by atoms with Crippen molar-refractivity contribution in [3.8, 4) is 0 Å². The minimum absolute atomic E-state index is 0.103. The minimum atomic E-state index is 0.103. The Morgan fingerprint density at radius 3 is 2.47 bits per heavy atom. The lowest BCUT2D eigenvalue weighted by atomic mass is 10.1. The Hall–Kier alpha value is -1.54. The van der Waals surface area contributed by atoms with E-state index in [1.165, 1.54) is 22.2 Å². The van der Waals surface area contributed by atoms with E-state index in [4.69, 9.17) is 0 Å². The van der Waals surface area contributed by atoms with Crippen molar-refractivity contribution in [2.24, 2.45) is 0 Å². The summed E-state index contributed by atoms with van der Waals surface area (Å²) in [5, 5.41) is 10.4. The fourth-order valence-electron chi connectivity index (χ4n) is 2.40. The molecule has 2 aromatic rings. The first-order valence-corrected chi connectivity index (χ1v) is 7.08. The van der Waals surface area contributed by atoms with Gasteiger partial charge in [0.05, 0.1) is 6.61 Å². The van der Waals surface area contributed by atoms with Gasteiger partial charge in [0.1, 0.15) is 0 Å². The van der Waals surface area contributed by atoms with E-state index < -0.39 is 0 Å². The molecule has 0 radical (unpaired) electrons. The Balaban J connectivity index is 0.000000861. The van der Waals surface area contributed by atoms with E-state index in [0.717, 1.165) is 12.1 Å². The van der Waals surface area contributed by atoms with Gasteiger partial charge >= 0.3 is 0 Å². The van der Waals surface area contributed by atoms with Gasteiger partial charge in [-0.25, -0.2) is 0 Å². The molecule has 19 heavy (non-hydrogen) atoms. The average molecular weight is 259 g/mol. The summed E-state index contributed by atoms with van der Waals surface area (Å²) in [5.41, 5.74) is 4.77. The number of aryl methyl sites for hydroxylation is 2. The lowest BCUT2D eigenvalue weighted by Crippen LogP contribution is -1.96. The van der Waals surface area contributed by atoms with Crippen LogP contribution >= 0.6 is 0 Å². The highest BCUT2D eigenvalue weighted by molar-refractivity contribution is 5.88. The first-order chi connectivity index (χ1) is 9.22. The Labute approximate surface area is 116 Å². The molecule has 2 nitrogen and oxygen atoms in total. The van der Waals surface area contributed by atoms with E-state index in [9.17, 15) is 5.11 Å². The molecule has 1 aromatic heterocycles. The smallest absolute Gasteiger partial charge is 0.0682 e. The van der Waals surface area contributed by atoms with Crippen LogP contribution in [0.25, 0.3) is 17.0 Å². The van der Waals surface area contributed by atoms with Gasteiger partial charge in [-0.2, -0.15) is 0 Å². The number of benzene rings is 1. The number of aliphatic hydroxyl groups is 1. The average Bonchev–Trinajstić information content (AvgIpc) is 2.73. The summed E-state index contributed by atoms with van der Waals surface area (Å²) in [4.78, 5) is 0. The molecule has 2 heteroatoms. The Bertz CT molecular complexity index is 564. The van der Waals surface area contributed by atoms with Crippen LogP contribution in [-0.4, -0.2) is 9.67 Å². The second-order valence-electron chi connectivity index (χ2n) is 4.26. The van der Waals surface area contributed by atoms with Gasteiger partial charge in [-0.15, -0.1) is 0 Å². The van der Waals surface area contributed by atoms with Crippen molar-refractivity contribution in [2.75, 3.05) is 0 Å². The van der Waals surface area contributed by atoms with Gasteiger partial charge in [0, 0.05) is 23.1 Å². The molecule has 0 amide bonds. The van der Waals surface area contributed by atoms with E-state index in [2.05, 4.69) is 42.7 Å². The second kappa shape index (κ2) is 7.15. The Kier molecular flexibility index (Phi) is 5.84. The molecule has 0 unspecified atom stereocenters. The van der Waals surface area contributed by atoms with E-state index in [0.29, 0.717) is 0 Å². The number of hydrogen-bond donors (Lipinski definition) is 1. The third kappa shape index (κ3) is 2.90. The maximum atomic E-state index is 9.20. The molecule has 104 valence electrons. The van der Waals surface area contributed by atoms with Crippen molar-refractivity contribution in [2.45, 2.75) is 47.8 Å². The summed E-state index contributed by atoms with van der Waals surface area (Å²) in [5.74, 6) is 0. The minimum Gasteiger partial charge on any atom is -0.392 e. The maximum absolute atomic E-state index is 9.20.